The van der Waals surface area contributed by atoms with Gasteiger partial charge in [-0.25, -0.2) is 9.59 Å². The van der Waals surface area contributed by atoms with Crippen molar-refractivity contribution in [3.8, 4) is 11.5 Å². The largest absolute Gasteiger partial charge is 0.423 e. The van der Waals surface area contributed by atoms with Gasteiger partial charge in [-0.3, -0.25) is 0 Å². The number of hydrogen-bond donors (Lipinski definition) is 1. The number of hydrogen-bond acceptors (Lipinski definition) is 5. The highest BCUT2D eigenvalue weighted by atomic mass is 16.5. The summed E-state index contributed by atoms with van der Waals surface area (Å²) >= 11 is 0. The Bertz CT molecular complexity index is 735. The van der Waals surface area contributed by atoms with Crippen molar-refractivity contribution in [3.05, 3.63) is 72.8 Å². The molecule has 25 heavy (non-hydrogen) atoms. The fraction of sp³-hybridized carbons (Fsp3) is 0.100. The summed E-state index contributed by atoms with van der Waals surface area (Å²) in [6, 6.07) is 13.9. The van der Waals surface area contributed by atoms with E-state index < -0.39 is 11.9 Å². The summed E-state index contributed by atoms with van der Waals surface area (Å²) in [4.78, 5) is 22.9. The van der Waals surface area contributed by atoms with Gasteiger partial charge in [-0.15, -0.1) is 0 Å². The Labute approximate surface area is 146 Å². The number of nitrogens with one attached hydrogen (secondary N) is 1. The molecular formula is C20H19NO4. The van der Waals surface area contributed by atoms with E-state index in [4.69, 9.17) is 9.47 Å². The Morgan fingerprint density at radius 2 is 1.04 bits per heavy atom. The van der Waals surface area contributed by atoms with Gasteiger partial charge in [0.15, 0.2) is 0 Å². The van der Waals surface area contributed by atoms with Crippen LogP contribution in [0.3, 0.4) is 0 Å². The minimum absolute atomic E-state index is 0.342. The van der Waals surface area contributed by atoms with Crippen molar-refractivity contribution in [2.24, 2.45) is 0 Å². The molecule has 1 N–H and O–H groups in total. The molecule has 2 aromatic carbocycles. The maximum atomic E-state index is 11.5. The third kappa shape index (κ3) is 5.35. The van der Waals surface area contributed by atoms with Crippen molar-refractivity contribution in [1.82, 2.24) is 0 Å². The lowest BCUT2D eigenvalue weighted by Crippen LogP contribution is -2.08. The molecule has 0 aliphatic rings. The zero-order chi connectivity index (χ0) is 18.4. The third-order valence-corrected chi connectivity index (χ3v) is 3.12. The van der Waals surface area contributed by atoms with Gasteiger partial charge in [0.1, 0.15) is 11.5 Å². The van der Waals surface area contributed by atoms with Crippen LogP contribution in [0, 0.1) is 0 Å². The molecule has 2 aromatic rings. The van der Waals surface area contributed by atoms with E-state index in [0.717, 1.165) is 11.4 Å². The predicted octanol–water partition coefficient (Wildman–Crippen LogP) is 4.39. The van der Waals surface area contributed by atoms with Crippen LogP contribution in [-0.4, -0.2) is 11.9 Å². The molecule has 0 heterocycles. The van der Waals surface area contributed by atoms with Crippen LogP contribution >= 0.6 is 0 Å². The molecule has 0 saturated heterocycles. The Balaban J connectivity index is 1.98. The van der Waals surface area contributed by atoms with E-state index >= 15 is 0 Å². The Morgan fingerprint density at radius 3 is 1.32 bits per heavy atom. The van der Waals surface area contributed by atoms with E-state index in [1.807, 2.05) is 0 Å². The van der Waals surface area contributed by atoms with Crippen LogP contribution in [0.15, 0.2) is 72.8 Å². The molecule has 0 bridgehead atoms. The molecule has 0 aliphatic heterocycles. The molecule has 0 spiro atoms. The van der Waals surface area contributed by atoms with Gasteiger partial charge in [0.05, 0.1) is 0 Å². The van der Waals surface area contributed by atoms with Gasteiger partial charge >= 0.3 is 11.9 Å². The first-order chi connectivity index (χ1) is 11.8. The number of carbonyl (C=O) groups excluding carboxylic acids is 2. The minimum atomic E-state index is -0.458. The Morgan fingerprint density at radius 1 is 0.720 bits per heavy atom. The number of carbonyl (C=O) groups is 2. The van der Waals surface area contributed by atoms with Crippen molar-refractivity contribution in [2.75, 3.05) is 5.32 Å². The Kier molecular flexibility index (Phi) is 5.74. The highest BCUT2D eigenvalue weighted by molar-refractivity contribution is 5.89. The number of esters is 2. The van der Waals surface area contributed by atoms with Crippen molar-refractivity contribution in [2.45, 2.75) is 13.8 Å². The molecule has 5 heteroatoms. The number of rotatable bonds is 6. The van der Waals surface area contributed by atoms with Crippen LogP contribution in [0.1, 0.15) is 13.8 Å². The molecule has 0 atom stereocenters. The summed E-state index contributed by atoms with van der Waals surface area (Å²) in [6.45, 7) is 10.3. The Hall–Kier alpha value is -3.34. The predicted molar refractivity (Wildman–Crippen MR) is 97.1 cm³/mol. The molecule has 128 valence electrons. The van der Waals surface area contributed by atoms with Crippen LogP contribution in [-0.2, 0) is 9.59 Å². The summed E-state index contributed by atoms with van der Waals surface area (Å²) < 4.78 is 10.3. The minimum Gasteiger partial charge on any atom is -0.423 e. The highest BCUT2D eigenvalue weighted by Gasteiger charge is 2.06. The van der Waals surface area contributed by atoms with Crippen LogP contribution in [0.4, 0.5) is 11.4 Å². The van der Waals surface area contributed by atoms with E-state index in [1.54, 1.807) is 62.4 Å². The second-order valence-corrected chi connectivity index (χ2v) is 5.51. The van der Waals surface area contributed by atoms with Gasteiger partial charge in [0.25, 0.3) is 0 Å². The number of ether oxygens (including phenoxy) is 2. The third-order valence-electron chi connectivity index (χ3n) is 3.12. The summed E-state index contributed by atoms with van der Waals surface area (Å²) in [5, 5.41) is 3.19. The molecule has 5 nitrogen and oxygen atoms in total. The first-order valence-electron chi connectivity index (χ1n) is 7.57. The lowest BCUT2D eigenvalue weighted by Gasteiger charge is -2.09. The second-order valence-electron chi connectivity index (χ2n) is 5.51. The van der Waals surface area contributed by atoms with Crippen molar-refractivity contribution >= 4 is 23.3 Å². The van der Waals surface area contributed by atoms with E-state index in [2.05, 4.69) is 18.5 Å². The molecule has 0 unspecified atom stereocenters. The number of benzene rings is 2. The van der Waals surface area contributed by atoms with Crippen LogP contribution < -0.4 is 14.8 Å². The first-order valence-corrected chi connectivity index (χ1v) is 7.57. The SMILES string of the molecule is C=C(C)C(=O)Oc1ccc(Nc2ccc(OC(=O)C(=C)C)cc2)cc1. The smallest absolute Gasteiger partial charge is 0.338 e. The fourth-order valence-corrected chi connectivity index (χ4v) is 1.77. The van der Waals surface area contributed by atoms with Gasteiger partial charge in [0.2, 0.25) is 0 Å². The van der Waals surface area contributed by atoms with Crippen LogP contribution in [0.25, 0.3) is 0 Å². The van der Waals surface area contributed by atoms with E-state index in [-0.39, 0.29) is 0 Å². The molecule has 0 fully saturated rings. The molecule has 0 radical (unpaired) electrons. The molecule has 0 aliphatic carbocycles. The second kappa shape index (κ2) is 7.97. The van der Waals surface area contributed by atoms with Gasteiger partial charge < -0.3 is 14.8 Å². The topological polar surface area (TPSA) is 64.6 Å². The molecular weight excluding hydrogens is 318 g/mol. The van der Waals surface area contributed by atoms with Gasteiger partial charge in [0, 0.05) is 22.5 Å². The maximum absolute atomic E-state index is 11.5. The lowest BCUT2D eigenvalue weighted by atomic mass is 10.2. The highest BCUT2D eigenvalue weighted by Crippen LogP contribution is 2.22. The summed E-state index contributed by atoms with van der Waals surface area (Å²) in [6.07, 6.45) is 0. The summed E-state index contributed by atoms with van der Waals surface area (Å²) in [5.74, 6) is -0.0255. The molecule has 0 aromatic heterocycles. The van der Waals surface area contributed by atoms with Crippen molar-refractivity contribution in [3.63, 3.8) is 0 Å². The standard InChI is InChI=1S/C20H19NO4/c1-13(2)19(22)24-17-9-5-15(6-10-17)21-16-7-11-18(12-8-16)25-20(23)14(3)4/h5-12,21H,1,3H2,2,4H3. The summed E-state index contributed by atoms with van der Waals surface area (Å²) in [7, 11) is 0. The average Bonchev–Trinajstić information content (AvgIpc) is 2.58. The first kappa shape index (κ1) is 18.0. The zero-order valence-corrected chi connectivity index (χ0v) is 14.2. The number of anilines is 2. The van der Waals surface area contributed by atoms with Crippen molar-refractivity contribution < 1.29 is 19.1 Å². The quantitative estimate of drug-likeness (QED) is 0.481. The lowest BCUT2D eigenvalue weighted by molar-refractivity contribution is -0.130. The fourth-order valence-electron chi connectivity index (χ4n) is 1.77. The van der Waals surface area contributed by atoms with Crippen molar-refractivity contribution in [1.29, 1.82) is 0 Å². The van der Waals surface area contributed by atoms with Gasteiger partial charge in [-0.2, -0.15) is 0 Å². The zero-order valence-electron chi connectivity index (χ0n) is 14.2. The summed E-state index contributed by atoms with van der Waals surface area (Å²) in [5.41, 5.74) is 2.33. The average molecular weight is 337 g/mol. The maximum Gasteiger partial charge on any atom is 0.338 e. The normalized spacial score (nSPS) is 9.84. The van der Waals surface area contributed by atoms with Crippen LogP contribution in [0.5, 0.6) is 11.5 Å². The molecule has 2 rings (SSSR count). The monoisotopic (exact) mass is 337 g/mol. The molecule has 0 saturated carbocycles. The molecule has 0 amide bonds. The van der Waals surface area contributed by atoms with Gasteiger partial charge in [-0.05, 0) is 62.4 Å². The van der Waals surface area contributed by atoms with Gasteiger partial charge in [-0.1, -0.05) is 13.2 Å². The van der Waals surface area contributed by atoms with E-state index in [1.165, 1.54) is 0 Å². The van der Waals surface area contributed by atoms with E-state index in [9.17, 15) is 9.59 Å². The van der Waals surface area contributed by atoms with E-state index in [0.29, 0.717) is 22.6 Å². The van der Waals surface area contributed by atoms with Crippen LogP contribution in [0.2, 0.25) is 0 Å².